The van der Waals surface area contributed by atoms with Crippen molar-refractivity contribution in [3.63, 3.8) is 0 Å². The third kappa shape index (κ3) is 6.10. The highest BCUT2D eigenvalue weighted by molar-refractivity contribution is 14.1. The smallest absolute Gasteiger partial charge is 0.293 e. The molecule has 1 heterocycles. The van der Waals surface area contributed by atoms with Gasteiger partial charge in [-0.15, -0.1) is 0 Å². The Bertz CT molecular complexity index is 1310. The van der Waals surface area contributed by atoms with Crippen molar-refractivity contribution < 1.29 is 14.3 Å². The van der Waals surface area contributed by atoms with Gasteiger partial charge in [-0.3, -0.25) is 14.5 Å². The van der Waals surface area contributed by atoms with Crippen LogP contribution in [0, 0.1) is 14.1 Å². The molecular formula is C25H17Cl2I2NO3S. The van der Waals surface area contributed by atoms with Crippen LogP contribution >= 0.6 is 80.1 Å². The van der Waals surface area contributed by atoms with Crippen LogP contribution in [0.25, 0.3) is 6.08 Å². The fraction of sp³-hybridized carbons (Fsp3) is 0.120. The van der Waals surface area contributed by atoms with Crippen molar-refractivity contribution in [1.82, 2.24) is 4.90 Å². The molecule has 0 spiro atoms. The van der Waals surface area contributed by atoms with Gasteiger partial charge in [0.25, 0.3) is 11.1 Å². The fourth-order valence-corrected chi connectivity index (χ4v) is 6.80. The van der Waals surface area contributed by atoms with E-state index in [0.717, 1.165) is 35.8 Å². The van der Waals surface area contributed by atoms with Crippen molar-refractivity contribution in [3.8, 4) is 5.75 Å². The van der Waals surface area contributed by atoms with Crippen molar-refractivity contribution in [3.05, 3.63) is 98.9 Å². The molecule has 0 aliphatic carbocycles. The quantitative estimate of drug-likeness (QED) is 0.189. The first-order valence-corrected chi connectivity index (χ1v) is 13.8. The molecule has 3 aromatic rings. The highest BCUT2D eigenvalue weighted by atomic mass is 127. The summed E-state index contributed by atoms with van der Waals surface area (Å²) in [7, 11) is 0. The number of hydrogen-bond donors (Lipinski definition) is 0. The summed E-state index contributed by atoms with van der Waals surface area (Å²) in [6.45, 7) is 2.62. The number of aryl methyl sites for hydroxylation is 1. The summed E-state index contributed by atoms with van der Waals surface area (Å²) >= 11 is 17.5. The molecule has 4 nitrogen and oxygen atoms in total. The number of carbonyl (C=O) groups is 2. The highest BCUT2D eigenvalue weighted by Crippen LogP contribution is 2.36. The van der Waals surface area contributed by atoms with Crippen LogP contribution in [-0.4, -0.2) is 16.0 Å². The van der Waals surface area contributed by atoms with Crippen molar-refractivity contribution in [1.29, 1.82) is 0 Å². The average molecular weight is 736 g/mol. The van der Waals surface area contributed by atoms with Crippen LogP contribution in [0.2, 0.25) is 10.0 Å². The highest BCUT2D eigenvalue weighted by Gasteiger charge is 2.35. The number of ether oxygens (including phenoxy) is 1. The zero-order valence-corrected chi connectivity index (χ0v) is 24.4. The van der Waals surface area contributed by atoms with Gasteiger partial charge in [0.1, 0.15) is 12.4 Å². The van der Waals surface area contributed by atoms with Crippen LogP contribution < -0.4 is 4.74 Å². The molecule has 2 amide bonds. The van der Waals surface area contributed by atoms with E-state index >= 15 is 0 Å². The molecule has 1 fully saturated rings. The summed E-state index contributed by atoms with van der Waals surface area (Å²) in [6.07, 6.45) is 1.74. The second-order valence-corrected chi connectivity index (χ2v) is 11.8. The van der Waals surface area contributed by atoms with Gasteiger partial charge in [0.15, 0.2) is 0 Å². The number of imide groups is 1. The molecule has 1 aliphatic heterocycles. The summed E-state index contributed by atoms with van der Waals surface area (Å²) in [5.41, 5.74) is 3.78. The standard InChI is InChI=1S/C25H17Cl2I2NO3S/c1-14-3-2-4-15(7-14)13-33-23-20(28)8-16(9-21(23)29)10-22-24(31)30(25(32)34-22)12-17-5-6-18(26)11-19(17)27/h2-11H,12-13H2,1H3/b22-10-. The van der Waals surface area contributed by atoms with E-state index in [1.54, 1.807) is 24.3 Å². The summed E-state index contributed by atoms with van der Waals surface area (Å²) < 4.78 is 7.94. The number of rotatable bonds is 6. The Morgan fingerprint density at radius 2 is 1.76 bits per heavy atom. The molecule has 1 aliphatic rings. The lowest BCUT2D eigenvalue weighted by Gasteiger charge is -2.14. The van der Waals surface area contributed by atoms with Crippen LogP contribution in [0.1, 0.15) is 22.3 Å². The van der Waals surface area contributed by atoms with Gasteiger partial charge in [0.05, 0.1) is 18.6 Å². The molecule has 0 N–H and O–H groups in total. The van der Waals surface area contributed by atoms with Crippen molar-refractivity contribution in [2.45, 2.75) is 20.1 Å². The zero-order valence-electron chi connectivity index (χ0n) is 17.8. The van der Waals surface area contributed by atoms with Gasteiger partial charge in [-0.05, 0) is 111 Å². The summed E-state index contributed by atoms with van der Waals surface area (Å²) in [5.74, 6) is 0.455. The number of carbonyl (C=O) groups excluding carboxylic acids is 2. The number of hydrogen-bond acceptors (Lipinski definition) is 4. The van der Waals surface area contributed by atoms with E-state index in [1.807, 2.05) is 24.3 Å². The number of thioether (sulfide) groups is 1. The van der Waals surface area contributed by atoms with Gasteiger partial charge >= 0.3 is 0 Å². The fourth-order valence-electron chi connectivity index (χ4n) is 3.37. The SMILES string of the molecule is Cc1cccc(COc2c(I)cc(/C=C3\SC(=O)N(Cc4ccc(Cl)cc4Cl)C3=O)cc2I)c1. The van der Waals surface area contributed by atoms with E-state index in [-0.39, 0.29) is 17.7 Å². The van der Waals surface area contributed by atoms with Gasteiger partial charge in [0, 0.05) is 10.0 Å². The topological polar surface area (TPSA) is 46.6 Å². The van der Waals surface area contributed by atoms with Crippen molar-refractivity contribution >= 4 is 97.4 Å². The van der Waals surface area contributed by atoms with Crippen LogP contribution in [0.5, 0.6) is 5.75 Å². The Hall–Kier alpha value is -1.27. The first-order valence-electron chi connectivity index (χ1n) is 10.1. The van der Waals surface area contributed by atoms with E-state index < -0.39 is 0 Å². The van der Waals surface area contributed by atoms with Crippen molar-refractivity contribution in [2.75, 3.05) is 0 Å². The molecular weight excluding hydrogens is 719 g/mol. The molecule has 9 heteroatoms. The molecule has 0 radical (unpaired) electrons. The molecule has 3 aromatic carbocycles. The number of amides is 2. The van der Waals surface area contributed by atoms with Gasteiger partial charge in [-0.1, -0.05) is 59.1 Å². The van der Waals surface area contributed by atoms with E-state index in [1.165, 1.54) is 10.5 Å². The first kappa shape index (κ1) is 25.8. The maximum absolute atomic E-state index is 12.9. The largest absolute Gasteiger partial charge is 0.487 e. The molecule has 1 saturated heterocycles. The third-order valence-electron chi connectivity index (χ3n) is 5.00. The maximum Gasteiger partial charge on any atom is 0.293 e. The average Bonchev–Trinajstić information content (AvgIpc) is 3.02. The Morgan fingerprint density at radius 1 is 1.03 bits per heavy atom. The number of benzene rings is 3. The summed E-state index contributed by atoms with van der Waals surface area (Å²) in [5, 5.41) is 0.587. The lowest BCUT2D eigenvalue weighted by molar-refractivity contribution is -0.123. The van der Waals surface area contributed by atoms with Crippen LogP contribution in [0.15, 0.2) is 59.5 Å². The minimum absolute atomic E-state index is 0.0960. The van der Waals surface area contributed by atoms with Crippen LogP contribution in [0.3, 0.4) is 0 Å². The second kappa shape index (κ2) is 11.2. The minimum atomic E-state index is -0.342. The monoisotopic (exact) mass is 735 g/mol. The Balaban J connectivity index is 1.51. The summed E-state index contributed by atoms with van der Waals surface area (Å²) in [6, 6.07) is 17.1. The van der Waals surface area contributed by atoms with Crippen LogP contribution in [-0.2, 0) is 17.9 Å². The van der Waals surface area contributed by atoms with Gasteiger partial charge in [0.2, 0.25) is 0 Å². The Labute approximate surface area is 239 Å². The van der Waals surface area contributed by atoms with Gasteiger partial charge in [-0.2, -0.15) is 0 Å². The molecule has 0 unspecified atom stereocenters. The molecule has 4 rings (SSSR count). The Kier molecular flexibility index (Phi) is 8.50. The van der Waals surface area contributed by atoms with Gasteiger partial charge < -0.3 is 4.74 Å². The predicted molar refractivity (Wildman–Crippen MR) is 155 cm³/mol. The Morgan fingerprint density at radius 3 is 2.44 bits per heavy atom. The minimum Gasteiger partial charge on any atom is -0.487 e. The van der Waals surface area contributed by atoms with E-state index in [4.69, 9.17) is 27.9 Å². The van der Waals surface area contributed by atoms with Crippen molar-refractivity contribution in [2.24, 2.45) is 0 Å². The number of nitrogens with zero attached hydrogens (tertiary/aromatic N) is 1. The third-order valence-corrected chi connectivity index (χ3v) is 8.10. The molecule has 0 saturated carbocycles. The molecule has 0 atom stereocenters. The number of halogens is 4. The lowest BCUT2D eigenvalue weighted by atomic mass is 10.1. The second-order valence-electron chi connectivity index (χ2n) is 7.59. The summed E-state index contributed by atoms with van der Waals surface area (Å²) in [4.78, 5) is 27.0. The van der Waals surface area contributed by atoms with E-state index in [9.17, 15) is 9.59 Å². The molecule has 0 aromatic heterocycles. The normalized spacial score (nSPS) is 14.9. The lowest BCUT2D eigenvalue weighted by Crippen LogP contribution is -2.27. The maximum atomic E-state index is 12.9. The molecule has 34 heavy (non-hydrogen) atoms. The zero-order chi connectivity index (χ0) is 24.4. The first-order chi connectivity index (χ1) is 16.2. The van der Waals surface area contributed by atoms with E-state index in [0.29, 0.717) is 27.1 Å². The predicted octanol–water partition coefficient (Wildman–Crippen LogP) is 8.33. The van der Waals surface area contributed by atoms with E-state index in [2.05, 4.69) is 64.2 Å². The molecule has 174 valence electrons. The van der Waals surface area contributed by atoms with Gasteiger partial charge in [-0.25, -0.2) is 0 Å². The van der Waals surface area contributed by atoms with Crippen LogP contribution in [0.4, 0.5) is 4.79 Å². The molecule has 0 bridgehead atoms.